The molecule has 1 aromatic rings. The number of alkyl carbamates (subject to hydrolysis) is 1. The molecule has 1 aromatic carbocycles. The molecule has 7 nitrogen and oxygen atoms in total. The normalized spacial score (nSPS) is 13.4. The molecule has 3 amide bonds. The standard InChI is InChI=1S/C30H51N3O4S/c1-11-13-14-19-31-26(34)25(24-21(3)16-15-17-22(24)4)33(30(8,9)12-2)27(35)23(18-20-38-10)32-28(36)37-29(5,6)7/h15-17,23,25H,11-14,18-20H2,1-10H3,(H,31,34)(H,32,36). The van der Waals surface area contributed by atoms with Gasteiger partial charge in [0, 0.05) is 12.1 Å². The molecular weight excluding hydrogens is 498 g/mol. The number of rotatable bonds is 14. The van der Waals surface area contributed by atoms with Crippen molar-refractivity contribution >= 4 is 29.7 Å². The highest BCUT2D eigenvalue weighted by Crippen LogP contribution is 2.35. The van der Waals surface area contributed by atoms with E-state index in [4.69, 9.17) is 4.74 Å². The van der Waals surface area contributed by atoms with Crippen LogP contribution >= 0.6 is 11.8 Å². The molecule has 0 saturated heterocycles. The number of unbranched alkanes of at least 4 members (excludes halogenated alkanes) is 2. The minimum atomic E-state index is -0.836. The van der Waals surface area contributed by atoms with Crippen molar-refractivity contribution in [3.05, 3.63) is 34.9 Å². The highest BCUT2D eigenvalue weighted by Gasteiger charge is 2.43. The van der Waals surface area contributed by atoms with E-state index in [1.807, 2.05) is 59.1 Å². The molecule has 0 radical (unpaired) electrons. The number of aryl methyl sites for hydroxylation is 2. The Balaban J connectivity index is 3.65. The molecule has 2 atom stereocenters. The van der Waals surface area contributed by atoms with Crippen LogP contribution in [0.4, 0.5) is 4.79 Å². The summed E-state index contributed by atoms with van der Waals surface area (Å²) in [6.45, 7) is 18.0. The molecule has 2 unspecified atom stereocenters. The Hall–Kier alpha value is -2.22. The van der Waals surface area contributed by atoms with E-state index in [1.54, 1.807) is 37.4 Å². The highest BCUT2D eigenvalue weighted by atomic mass is 32.2. The second-order valence-electron chi connectivity index (χ2n) is 11.6. The number of ether oxygens (including phenoxy) is 1. The van der Waals surface area contributed by atoms with Gasteiger partial charge >= 0.3 is 6.09 Å². The smallest absolute Gasteiger partial charge is 0.408 e. The van der Waals surface area contributed by atoms with E-state index in [2.05, 4.69) is 17.6 Å². The molecule has 0 bridgehead atoms. The summed E-state index contributed by atoms with van der Waals surface area (Å²) in [5.74, 6) is 0.187. The molecule has 0 aliphatic heterocycles. The lowest BCUT2D eigenvalue weighted by molar-refractivity contribution is -0.149. The van der Waals surface area contributed by atoms with Crippen LogP contribution in [0.3, 0.4) is 0 Å². The summed E-state index contributed by atoms with van der Waals surface area (Å²) < 4.78 is 5.49. The summed E-state index contributed by atoms with van der Waals surface area (Å²) >= 11 is 1.60. The van der Waals surface area contributed by atoms with Crippen LogP contribution in [0.15, 0.2) is 18.2 Å². The minimum Gasteiger partial charge on any atom is -0.444 e. The maximum atomic E-state index is 14.4. The van der Waals surface area contributed by atoms with Gasteiger partial charge in [0.1, 0.15) is 17.7 Å². The summed E-state index contributed by atoms with van der Waals surface area (Å²) in [6, 6.07) is 4.25. The third kappa shape index (κ3) is 10.2. The molecule has 216 valence electrons. The zero-order valence-corrected chi connectivity index (χ0v) is 26.1. The van der Waals surface area contributed by atoms with Crippen molar-refractivity contribution < 1.29 is 19.1 Å². The number of thioether (sulfide) groups is 1. The minimum absolute atomic E-state index is 0.200. The van der Waals surface area contributed by atoms with Gasteiger partial charge in [-0.15, -0.1) is 0 Å². The van der Waals surface area contributed by atoms with Gasteiger partial charge in [-0.2, -0.15) is 11.8 Å². The molecule has 2 N–H and O–H groups in total. The maximum absolute atomic E-state index is 14.4. The monoisotopic (exact) mass is 549 g/mol. The van der Waals surface area contributed by atoms with E-state index in [0.29, 0.717) is 25.1 Å². The van der Waals surface area contributed by atoms with Crippen LogP contribution in [0.25, 0.3) is 0 Å². The highest BCUT2D eigenvalue weighted by molar-refractivity contribution is 7.98. The number of hydrogen-bond acceptors (Lipinski definition) is 5. The Bertz CT molecular complexity index is 906. The van der Waals surface area contributed by atoms with Crippen molar-refractivity contribution in [3.63, 3.8) is 0 Å². The number of hydrogen-bond donors (Lipinski definition) is 2. The largest absolute Gasteiger partial charge is 0.444 e. The molecule has 0 heterocycles. The maximum Gasteiger partial charge on any atom is 0.408 e. The molecule has 0 aromatic heterocycles. The molecule has 0 fully saturated rings. The zero-order chi connectivity index (χ0) is 29.1. The molecule has 1 rings (SSSR count). The molecule has 0 spiro atoms. The van der Waals surface area contributed by atoms with E-state index in [9.17, 15) is 14.4 Å². The first-order chi connectivity index (χ1) is 17.7. The van der Waals surface area contributed by atoms with Crippen LogP contribution in [0.2, 0.25) is 0 Å². The Labute approximate surface area is 235 Å². The van der Waals surface area contributed by atoms with Gasteiger partial charge in [-0.05, 0) is 96.4 Å². The number of carbonyl (C=O) groups is 3. The molecule has 38 heavy (non-hydrogen) atoms. The van der Waals surface area contributed by atoms with Gasteiger partial charge in [-0.3, -0.25) is 9.59 Å². The van der Waals surface area contributed by atoms with Crippen molar-refractivity contribution in [3.8, 4) is 0 Å². The van der Waals surface area contributed by atoms with Gasteiger partial charge in [-0.1, -0.05) is 44.9 Å². The summed E-state index contributed by atoms with van der Waals surface area (Å²) in [5, 5.41) is 5.93. The van der Waals surface area contributed by atoms with Crippen LogP contribution in [0.1, 0.15) is 103 Å². The lowest BCUT2D eigenvalue weighted by Crippen LogP contribution is -2.59. The van der Waals surface area contributed by atoms with E-state index >= 15 is 0 Å². The van der Waals surface area contributed by atoms with Gasteiger partial charge in [-0.25, -0.2) is 4.79 Å². The summed E-state index contributed by atoms with van der Waals surface area (Å²) in [7, 11) is 0. The first-order valence-electron chi connectivity index (χ1n) is 13.9. The van der Waals surface area contributed by atoms with Gasteiger partial charge in [0.05, 0.1) is 0 Å². The van der Waals surface area contributed by atoms with Gasteiger partial charge in [0.2, 0.25) is 11.8 Å². The quantitative estimate of drug-likeness (QED) is 0.265. The van der Waals surface area contributed by atoms with Crippen LogP contribution in [-0.2, 0) is 14.3 Å². The molecular formula is C30H51N3O4S. The Kier molecular flexibility index (Phi) is 13.7. The first-order valence-corrected chi connectivity index (χ1v) is 15.2. The number of nitrogens with zero attached hydrogens (tertiary/aromatic N) is 1. The average Bonchev–Trinajstić information content (AvgIpc) is 2.82. The molecule has 0 aliphatic rings. The predicted molar refractivity (Wildman–Crippen MR) is 159 cm³/mol. The van der Waals surface area contributed by atoms with Crippen LogP contribution in [-0.4, -0.2) is 58.5 Å². The van der Waals surface area contributed by atoms with E-state index in [-0.39, 0.29) is 11.8 Å². The van der Waals surface area contributed by atoms with Gasteiger partial charge in [0.15, 0.2) is 0 Å². The summed E-state index contributed by atoms with van der Waals surface area (Å²) in [5.41, 5.74) is 1.37. The van der Waals surface area contributed by atoms with Crippen molar-refractivity contribution in [2.75, 3.05) is 18.6 Å². The van der Waals surface area contributed by atoms with Gasteiger partial charge in [0.25, 0.3) is 0 Å². The van der Waals surface area contributed by atoms with Crippen molar-refractivity contribution in [1.29, 1.82) is 0 Å². The Morgan fingerprint density at radius 1 is 1.03 bits per heavy atom. The Morgan fingerprint density at radius 3 is 2.13 bits per heavy atom. The van der Waals surface area contributed by atoms with E-state index < -0.39 is 29.3 Å². The fourth-order valence-corrected chi connectivity index (χ4v) is 4.85. The topological polar surface area (TPSA) is 87.7 Å². The van der Waals surface area contributed by atoms with Gasteiger partial charge < -0.3 is 20.3 Å². The van der Waals surface area contributed by atoms with E-state index in [0.717, 1.165) is 36.0 Å². The number of carbonyl (C=O) groups excluding carboxylic acids is 3. The lowest BCUT2D eigenvalue weighted by atomic mass is 9.88. The second-order valence-corrected chi connectivity index (χ2v) is 12.5. The average molecular weight is 550 g/mol. The predicted octanol–water partition coefficient (Wildman–Crippen LogP) is 6.31. The second kappa shape index (κ2) is 15.4. The first kappa shape index (κ1) is 33.8. The summed E-state index contributed by atoms with van der Waals surface area (Å²) in [4.78, 5) is 42.9. The van der Waals surface area contributed by atoms with Crippen molar-refractivity contribution in [2.45, 2.75) is 118 Å². The lowest BCUT2D eigenvalue weighted by Gasteiger charge is -2.45. The van der Waals surface area contributed by atoms with Crippen molar-refractivity contribution in [2.24, 2.45) is 0 Å². The molecule has 0 aliphatic carbocycles. The Morgan fingerprint density at radius 2 is 1.63 bits per heavy atom. The SMILES string of the molecule is CCCCCNC(=O)C(c1c(C)cccc1C)N(C(=O)C(CCSC)NC(=O)OC(C)(C)C)C(C)(C)CC. The molecule has 0 saturated carbocycles. The third-order valence-corrected chi connectivity index (χ3v) is 7.40. The van der Waals surface area contributed by atoms with Crippen LogP contribution in [0.5, 0.6) is 0 Å². The van der Waals surface area contributed by atoms with Crippen molar-refractivity contribution in [1.82, 2.24) is 15.5 Å². The summed E-state index contributed by atoms with van der Waals surface area (Å²) in [6.07, 6.45) is 5.33. The van der Waals surface area contributed by atoms with Crippen LogP contribution in [0, 0.1) is 13.8 Å². The fourth-order valence-electron chi connectivity index (χ4n) is 4.38. The number of benzene rings is 1. The number of amides is 3. The fraction of sp³-hybridized carbons (Fsp3) is 0.700. The third-order valence-electron chi connectivity index (χ3n) is 6.76. The van der Waals surface area contributed by atoms with E-state index in [1.165, 1.54) is 0 Å². The van der Waals surface area contributed by atoms with Crippen LogP contribution < -0.4 is 10.6 Å². The number of nitrogens with one attached hydrogen (secondary N) is 2. The zero-order valence-electron chi connectivity index (χ0n) is 25.3. The molecule has 8 heteroatoms.